The molecule has 0 radical (unpaired) electrons. The van der Waals surface area contributed by atoms with Gasteiger partial charge < -0.3 is 9.88 Å². The molecule has 0 unspecified atom stereocenters. The normalized spacial score (nSPS) is 18.1. The molecule has 0 atom stereocenters. The van der Waals surface area contributed by atoms with Gasteiger partial charge in [-0.25, -0.2) is 18.7 Å². The van der Waals surface area contributed by atoms with Gasteiger partial charge >= 0.3 is 0 Å². The molecule has 7 heterocycles. The predicted octanol–water partition coefficient (Wildman–Crippen LogP) is 4.79. The number of alkyl halides is 2. The third kappa shape index (κ3) is 4.26. The molecule has 0 saturated carbocycles. The highest BCUT2D eigenvalue weighted by Crippen LogP contribution is 2.32. The Bertz CT molecular complexity index is 1620. The van der Waals surface area contributed by atoms with Gasteiger partial charge in [0.05, 0.1) is 29.5 Å². The number of hydrogen-bond acceptors (Lipinski definition) is 7. The van der Waals surface area contributed by atoms with Crippen LogP contribution in [0.2, 0.25) is 0 Å². The first-order valence-corrected chi connectivity index (χ1v) is 13.0. The topological polar surface area (TPSA) is 103 Å². The van der Waals surface area contributed by atoms with E-state index < -0.39 is 5.92 Å². The molecule has 38 heavy (non-hydrogen) atoms. The van der Waals surface area contributed by atoms with E-state index in [-0.39, 0.29) is 13.0 Å². The molecular formula is C27H27F2N9. The van der Waals surface area contributed by atoms with Gasteiger partial charge in [0, 0.05) is 62.1 Å². The van der Waals surface area contributed by atoms with Crippen LogP contribution < -0.4 is 4.90 Å². The summed E-state index contributed by atoms with van der Waals surface area (Å²) in [6.07, 6.45) is 10.5. The van der Waals surface area contributed by atoms with Crippen molar-refractivity contribution in [2.24, 2.45) is 0 Å². The molecule has 2 aliphatic rings. The van der Waals surface area contributed by atoms with Gasteiger partial charge in [-0.05, 0) is 43.0 Å². The Morgan fingerprint density at radius 1 is 0.974 bits per heavy atom. The number of nitrogens with one attached hydrogen (secondary N) is 2. The number of anilines is 1. The summed E-state index contributed by atoms with van der Waals surface area (Å²) in [7, 11) is 0. The molecule has 0 bridgehead atoms. The lowest BCUT2D eigenvalue weighted by molar-refractivity contribution is 0.0115. The maximum Gasteiger partial charge on any atom is 0.261 e. The summed E-state index contributed by atoms with van der Waals surface area (Å²) in [5, 5.41) is 8.50. The highest BCUT2D eigenvalue weighted by Gasteiger charge is 2.37. The molecule has 2 fully saturated rings. The number of hydrogen-bond donors (Lipinski definition) is 2. The average molecular weight is 516 g/mol. The fourth-order valence-corrected chi connectivity index (χ4v) is 5.54. The number of piperidine rings is 1. The number of halogens is 2. The summed E-state index contributed by atoms with van der Waals surface area (Å²) < 4.78 is 27.3. The monoisotopic (exact) mass is 515 g/mol. The van der Waals surface area contributed by atoms with Crippen molar-refractivity contribution >= 4 is 27.8 Å². The van der Waals surface area contributed by atoms with Gasteiger partial charge in [-0.2, -0.15) is 5.10 Å². The molecule has 5 aromatic rings. The van der Waals surface area contributed by atoms with Crippen molar-refractivity contribution in [1.29, 1.82) is 0 Å². The van der Waals surface area contributed by atoms with Gasteiger partial charge in [0.15, 0.2) is 11.6 Å². The maximum absolute atomic E-state index is 13.6. The Morgan fingerprint density at radius 2 is 1.87 bits per heavy atom. The Balaban J connectivity index is 1.22. The van der Waals surface area contributed by atoms with Gasteiger partial charge in [-0.1, -0.05) is 0 Å². The van der Waals surface area contributed by atoms with Crippen molar-refractivity contribution < 1.29 is 8.78 Å². The van der Waals surface area contributed by atoms with E-state index >= 15 is 0 Å². The number of aromatic amines is 2. The summed E-state index contributed by atoms with van der Waals surface area (Å²) in [5.41, 5.74) is 5.70. The zero-order valence-corrected chi connectivity index (χ0v) is 20.8. The second kappa shape index (κ2) is 9.09. The van der Waals surface area contributed by atoms with Crippen LogP contribution in [0, 0.1) is 0 Å². The summed E-state index contributed by atoms with van der Waals surface area (Å²) >= 11 is 0. The van der Waals surface area contributed by atoms with Crippen LogP contribution in [0.5, 0.6) is 0 Å². The van der Waals surface area contributed by atoms with Crippen LogP contribution in [0.3, 0.4) is 0 Å². The zero-order chi connectivity index (χ0) is 25.7. The van der Waals surface area contributed by atoms with E-state index in [1.54, 1.807) is 23.5 Å². The molecule has 0 amide bonds. The molecule has 0 aromatic carbocycles. The first-order valence-electron chi connectivity index (χ1n) is 13.0. The SMILES string of the molecule is FC1(F)CCN(Cc2cncc(-c3cc4c(-c5nc6c(N7CCCCC7)nccc6[nH]5)n[nH]c4cn3)c2)C1. The minimum absolute atomic E-state index is 0.0982. The van der Waals surface area contributed by atoms with E-state index in [1.807, 2.05) is 24.4 Å². The smallest absolute Gasteiger partial charge is 0.261 e. The number of nitrogens with zero attached hydrogens (tertiary/aromatic N) is 7. The van der Waals surface area contributed by atoms with E-state index in [9.17, 15) is 8.78 Å². The molecule has 194 valence electrons. The fraction of sp³-hybridized carbons (Fsp3) is 0.370. The lowest BCUT2D eigenvalue weighted by Crippen LogP contribution is -2.30. The molecule has 2 saturated heterocycles. The minimum Gasteiger partial charge on any atom is -0.355 e. The Hall–Kier alpha value is -3.99. The van der Waals surface area contributed by atoms with E-state index in [0.717, 1.165) is 70.5 Å². The van der Waals surface area contributed by atoms with Gasteiger partial charge in [0.1, 0.15) is 11.2 Å². The van der Waals surface area contributed by atoms with Crippen molar-refractivity contribution in [1.82, 2.24) is 40.0 Å². The second-order valence-electron chi connectivity index (χ2n) is 10.2. The number of rotatable bonds is 5. The van der Waals surface area contributed by atoms with Crippen molar-refractivity contribution in [3.05, 3.63) is 48.5 Å². The third-order valence-corrected chi connectivity index (χ3v) is 7.45. The van der Waals surface area contributed by atoms with Crippen LogP contribution in [0.1, 0.15) is 31.2 Å². The molecule has 0 aliphatic carbocycles. The number of fused-ring (bicyclic) bond motifs is 2. The lowest BCUT2D eigenvalue weighted by Gasteiger charge is -2.27. The zero-order valence-electron chi connectivity index (χ0n) is 20.8. The van der Waals surface area contributed by atoms with Crippen molar-refractivity contribution in [2.75, 3.05) is 31.1 Å². The number of pyridine rings is 3. The van der Waals surface area contributed by atoms with E-state index in [4.69, 9.17) is 4.98 Å². The van der Waals surface area contributed by atoms with Crippen LogP contribution in [0.15, 0.2) is 43.0 Å². The molecule has 5 aromatic heterocycles. The molecule has 2 aliphatic heterocycles. The molecule has 9 nitrogen and oxygen atoms in total. The summed E-state index contributed by atoms with van der Waals surface area (Å²) in [6, 6.07) is 5.87. The maximum atomic E-state index is 13.6. The van der Waals surface area contributed by atoms with Crippen LogP contribution in [0.4, 0.5) is 14.6 Å². The van der Waals surface area contributed by atoms with E-state index in [2.05, 4.69) is 35.0 Å². The second-order valence-corrected chi connectivity index (χ2v) is 10.2. The van der Waals surface area contributed by atoms with Crippen molar-refractivity contribution in [2.45, 2.75) is 38.2 Å². The average Bonchev–Trinajstić information content (AvgIpc) is 3.64. The Labute approximate surface area is 217 Å². The van der Waals surface area contributed by atoms with Crippen LogP contribution in [-0.2, 0) is 6.54 Å². The van der Waals surface area contributed by atoms with E-state index in [1.165, 1.54) is 6.42 Å². The highest BCUT2D eigenvalue weighted by molar-refractivity contribution is 5.96. The molecule has 7 rings (SSSR count). The summed E-state index contributed by atoms with van der Waals surface area (Å²) in [6.45, 7) is 2.57. The first kappa shape index (κ1) is 23.2. The quantitative estimate of drug-likeness (QED) is 0.347. The van der Waals surface area contributed by atoms with Gasteiger partial charge in [0.25, 0.3) is 5.92 Å². The lowest BCUT2D eigenvalue weighted by atomic mass is 10.1. The standard InChI is InChI=1S/C27H27F2N9/c28-27(29)5-9-37(16-27)15-17-10-18(13-30-12-17)21-11-19-22(14-32-21)35-36-23(19)25-33-20-4-6-31-26(24(20)34-25)38-7-2-1-3-8-38/h4,6,10-14H,1-3,5,7-9,15-16H2,(H,33,34)(H,35,36). The fourth-order valence-electron chi connectivity index (χ4n) is 5.54. The molecule has 2 N–H and O–H groups in total. The number of aromatic nitrogens is 7. The Kier molecular flexibility index (Phi) is 5.54. The van der Waals surface area contributed by atoms with Crippen molar-refractivity contribution in [3.8, 4) is 22.8 Å². The predicted molar refractivity (Wildman–Crippen MR) is 141 cm³/mol. The van der Waals surface area contributed by atoms with Crippen LogP contribution >= 0.6 is 0 Å². The minimum atomic E-state index is -2.61. The molecule has 0 spiro atoms. The van der Waals surface area contributed by atoms with E-state index in [0.29, 0.717) is 24.6 Å². The van der Waals surface area contributed by atoms with Crippen LogP contribution in [0.25, 0.3) is 44.7 Å². The third-order valence-electron chi connectivity index (χ3n) is 7.45. The number of imidazole rings is 1. The van der Waals surface area contributed by atoms with Crippen molar-refractivity contribution in [3.63, 3.8) is 0 Å². The first-order chi connectivity index (χ1) is 18.5. The van der Waals surface area contributed by atoms with Gasteiger partial charge in [-0.3, -0.25) is 20.0 Å². The van der Waals surface area contributed by atoms with Crippen LogP contribution in [-0.4, -0.2) is 72.1 Å². The molecule has 11 heteroatoms. The summed E-state index contributed by atoms with van der Waals surface area (Å²) in [5.74, 6) is -1.04. The largest absolute Gasteiger partial charge is 0.355 e. The summed E-state index contributed by atoms with van der Waals surface area (Å²) in [4.78, 5) is 26.0. The number of H-pyrrole nitrogens is 2. The Morgan fingerprint density at radius 3 is 2.71 bits per heavy atom. The van der Waals surface area contributed by atoms with Gasteiger partial charge in [0.2, 0.25) is 0 Å². The highest BCUT2D eigenvalue weighted by atomic mass is 19.3. The van der Waals surface area contributed by atoms with Gasteiger partial charge in [-0.15, -0.1) is 0 Å². The molecular weight excluding hydrogens is 488 g/mol. The number of likely N-dealkylation sites (tertiary alicyclic amines) is 1.